The maximum Gasteiger partial charge on any atom is 0.326 e. The van der Waals surface area contributed by atoms with E-state index < -0.39 is 9.84 Å². The molecule has 3 heterocycles. The lowest BCUT2D eigenvalue weighted by Crippen LogP contribution is -2.51. The molecule has 1 N–H and O–H groups in total. The minimum absolute atomic E-state index is 0.0710. The van der Waals surface area contributed by atoms with Gasteiger partial charge in [-0.3, -0.25) is 14.3 Å². The molecule has 2 saturated heterocycles. The second-order valence-corrected chi connectivity index (χ2v) is 11.8. The van der Waals surface area contributed by atoms with Crippen LogP contribution in [0.5, 0.6) is 0 Å². The number of nitrogens with zero attached hydrogens (tertiary/aromatic N) is 3. The molecule has 8 nitrogen and oxygen atoms in total. The predicted molar refractivity (Wildman–Crippen MR) is 123 cm³/mol. The Kier molecular flexibility index (Phi) is 5.88. The molecule has 0 radical (unpaired) electrons. The lowest BCUT2D eigenvalue weighted by Gasteiger charge is -2.37. The highest BCUT2D eigenvalue weighted by atomic mass is 32.2. The summed E-state index contributed by atoms with van der Waals surface area (Å²) in [6.07, 6.45) is 6.38. The molecule has 5 rings (SSSR count). The quantitative estimate of drug-likeness (QED) is 0.736. The number of piperidine rings is 1. The van der Waals surface area contributed by atoms with Crippen molar-refractivity contribution >= 4 is 26.8 Å². The number of carbonyl (C=O) groups excluding carboxylic acids is 1. The van der Waals surface area contributed by atoms with Gasteiger partial charge in [-0.2, -0.15) is 0 Å². The van der Waals surface area contributed by atoms with E-state index >= 15 is 0 Å². The minimum atomic E-state index is -3.03. The molecule has 1 atom stereocenters. The molecular weight excluding hydrogens is 428 g/mol. The molecule has 32 heavy (non-hydrogen) atoms. The normalized spacial score (nSPS) is 24.9. The van der Waals surface area contributed by atoms with Crippen molar-refractivity contribution in [3.8, 4) is 0 Å². The SMILES string of the molecule is O=C(CN1CCC(n2c(=O)[nH]c3ccccc32)CC1)N(C1CCCC1)C1CCS(=O)(=O)C1. The number of carbonyl (C=O) groups is 1. The second kappa shape index (κ2) is 8.67. The van der Waals surface area contributed by atoms with Gasteiger partial charge in [0.25, 0.3) is 0 Å². The van der Waals surface area contributed by atoms with Crippen molar-refractivity contribution in [2.45, 2.75) is 63.1 Å². The number of sulfone groups is 1. The molecule has 0 bridgehead atoms. The van der Waals surface area contributed by atoms with E-state index in [0.29, 0.717) is 13.0 Å². The van der Waals surface area contributed by atoms with Crippen LogP contribution in [0.4, 0.5) is 0 Å². The third-order valence-electron chi connectivity index (χ3n) is 7.51. The summed E-state index contributed by atoms with van der Waals surface area (Å²) in [6.45, 7) is 1.84. The molecule has 2 aliphatic heterocycles. The van der Waals surface area contributed by atoms with Crippen molar-refractivity contribution in [1.29, 1.82) is 0 Å². The number of aromatic amines is 1. The van der Waals surface area contributed by atoms with E-state index in [1.165, 1.54) is 0 Å². The Morgan fingerprint density at radius 2 is 1.75 bits per heavy atom. The van der Waals surface area contributed by atoms with E-state index in [4.69, 9.17) is 0 Å². The van der Waals surface area contributed by atoms with Crippen molar-refractivity contribution in [3.63, 3.8) is 0 Å². The average molecular weight is 461 g/mol. The Hall–Kier alpha value is -2.13. The minimum Gasteiger partial charge on any atom is -0.335 e. The predicted octanol–water partition coefficient (Wildman–Crippen LogP) is 1.92. The fourth-order valence-electron chi connectivity index (χ4n) is 5.93. The summed E-state index contributed by atoms with van der Waals surface area (Å²) in [5.41, 5.74) is 1.71. The molecule has 2 aromatic rings. The first kappa shape index (κ1) is 21.7. The molecule has 3 fully saturated rings. The first-order chi connectivity index (χ1) is 15.4. The lowest BCUT2D eigenvalue weighted by atomic mass is 10.0. The summed E-state index contributed by atoms with van der Waals surface area (Å²) >= 11 is 0. The Balaban J connectivity index is 1.25. The highest BCUT2D eigenvalue weighted by Crippen LogP contribution is 2.30. The number of likely N-dealkylation sites (tertiary alicyclic amines) is 1. The molecule has 1 aromatic carbocycles. The Morgan fingerprint density at radius 3 is 2.44 bits per heavy atom. The number of imidazole rings is 1. The van der Waals surface area contributed by atoms with Crippen LogP contribution in [0.1, 0.15) is 51.0 Å². The number of aromatic nitrogens is 2. The number of hydrogen-bond acceptors (Lipinski definition) is 5. The van der Waals surface area contributed by atoms with E-state index in [-0.39, 0.29) is 41.2 Å². The van der Waals surface area contributed by atoms with Crippen LogP contribution in [0, 0.1) is 0 Å². The van der Waals surface area contributed by atoms with Gasteiger partial charge in [0.05, 0.1) is 29.1 Å². The fourth-order valence-corrected chi connectivity index (χ4v) is 7.64. The summed E-state index contributed by atoms with van der Waals surface area (Å²) in [4.78, 5) is 32.9. The van der Waals surface area contributed by atoms with Gasteiger partial charge in [-0.25, -0.2) is 13.2 Å². The Labute approximate surface area is 188 Å². The number of para-hydroxylation sites is 2. The van der Waals surface area contributed by atoms with Crippen LogP contribution in [-0.4, -0.2) is 76.9 Å². The molecule has 3 aliphatic rings. The monoisotopic (exact) mass is 460 g/mol. The zero-order chi connectivity index (χ0) is 22.3. The van der Waals surface area contributed by atoms with E-state index in [1.54, 1.807) is 0 Å². The van der Waals surface area contributed by atoms with Crippen molar-refractivity contribution < 1.29 is 13.2 Å². The van der Waals surface area contributed by atoms with Crippen molar-refractivity contribution in [2.24, 2.45) is 0 Å². The van der Waals surface area contributed by atoms with Gasteiger partial charge in [0.15, 0.2) is 9.84 Å². The zero-order valence-electron chi connectivity index (χ0n) is 18.4. The van der Waals surface area contributed by atoms with Crippen LogP contribution >= 0.6 is 0 Å². The third-order valence-corrected chi connectivity index (χ3v) is 9.26. The highest BCUT2D eigenvalue weighted by Gasteiger charge is 2.39. The smallest absolute Gasteiger partial charge is 0.326 e. The number of H-pyrrole nitrogens is 1. The fraction of sp³-hybridized carbons (Fsp3) is 0.652. The summed E-state index contributed by atoms with van der Waals surface area (Å²) in [5, 5.41) is 0. The molecule has 1 unspecified atom stereocenters. The van der Waals surface area contributed by atoms with Crippen LogP contribution in [0.2, 0.25) is 0 Å². The van der Waals surface area contributed by atoms with Crippen LogP contribution < -0.4 is 5.69 Å². The largest absolute Gasteiger partial charge is 0.335 e. The van der Waals surface area contributed by atoms with Gasteiger partial charge in [0, 0.05) is 31.2 Å². The van der Waals surface area contributed by atoms with Gasteiger partial charge in [0.2, 0.25) is 5.91 Å². The first-order valence-corrected chi connectivity index (χ1v) is 13.7. The van der Waals surface area contributed by atoms with Crippen LogP contribution in [0.25, 0.3) is 11.0 Å². The average Bonchev–Trinajstić information content (AvgIpc) is 3.48. The molecule has 174 valence electrons. The zero-order valence-corrected chi connectivity index (χ0v) is 19.2. The summed E-state index contributed by atoms with van der Waals surface area (Å²) in [6, 6.07) is 7.89. The van der Waals surface area contributed by atoms with Crippen molar-refractivity contribution in [1.82, 2.24) is 19.4 Å². The standard InChI is InChI=1S/C23H32N4O4S/c28-22(26(17-5-1-2-6-17)19-11-14-32(30,31)16-19)15-25-12-9-18(10-13-25)27-21-8-4-3-7-20(21)24-23(27)29/h3-4,7-8,17-19H,1-2,5-6,9-16H2,(H,24,29). The Bertz CT molecular complexity index is 1140. The van der Waals surface area contributed by atoms with Crippen molar-refractivity contribution in [2.75, 3.05) is 31.1 Å². The van der Waals surface area contributed by atoms with E-state index in [2.05, 4.69) is 9.88 Å². The van der Waals surface area contributed by atoms with E-state index in [9.17, 15) is 18.0 Å². The van der Waals surface area contributed by atoms with Gasteiger partial charge in [-0.1, -0.05) is 25.0 Å². The summed E-state index contributed by atoms with van der Waals surface area (Å²) in [7, 11) is -3.03. The molecule has 1 aliphatic carbocycles. The topological polar surface area (TPSA) is 95.5 Å². The third kappa shape index (κ3) is 4.24. The highest BCUT2D eigenvalue weighted by molar-refractivity contribution is 7.91. The lowest BCUT2D eigenvalue weighted by molar-refractivity contribution is -0.137. The molecular formula is C23H32N4O4S. The molecule has 1 saturated carbocycles. The molecule has 0 spiro atoms. The number of rotatable bonds is 5. The van der Waals surface area contributed by atoms with E-state index in [0.717, 1.165) is 62.6 Å². The first-order valence-electron chi connectivity index (χ1n) is 11.8. The number of nitrogens with one attached hydrogen (secondary N) is 1. The van der Waals surface area contributed by atoms with Gasteiger partial charge < -0.3 is 9.88 Å². The molecule has 9 heteroatoms. The summed E-state index contributed by atoms with van der Waals surface area (Å²) < 4.78 is 26.0. The maximum absolute atomic E-state index is 13.4. The van der Waals surface area contributed by atoms with Crippen LogP contribution in [0.3, 0.4) is 0 Å². The number of hydrogen-bond donors (Lipinski definition) is 1. The summed E-state index contributed by atoms with van der Waals surface area (Å²) in [5.74, 6) is 0.376. The van der Waals surface area contributed by atoms with Gasteiger partial charge in [-0.15, -0.1) is 0 Å². The second-order valence-electron chi connectivity index (χ2n) is 9.62. The van der Waals surface area contributed by atoms with Crippen LogP contribution in [0.15, 0.2) is 29.1 Å². The number of fused-ring (bicyclic) bond motifs is 1. The van der Waals surface area contributed by atoms with Crippen molar-refractivity contribution in [3.05, 3.63) is 34.7 Å². The van der Waals surface area contributed by atoms with Gasteiger partial charge in [0.1, 0.15) is 0 Å². The molecule has 1 aromatic heterocycles. The van der Waals surface area contributed by atoms with Gasteiger partial charge in [-0.05, 0) is 44.2 Å². The Morgan fingerprint density at radius 1 is 1.03 bits per heavy atom. The van der Waals surface area contributed by atoms with E-state index in [1.807, 2.05) is 33.7 Å². The number of amides is 1. The van der Waals surface area contributed by atoms with Gasteiger partial charge >= 0.3 is 5.69 Å². The molecule has 1 amide bonds. The number of benzene rings is 1. The maximum atomic E-state index is 13.4. The van der Waals surface area contributed by atoms with Crippen LogP contribution in [-0.2, 0) is 14.6 Å².